The largest absolute Gasteiger partial charge is 0.474 e. The number of carboxylic acid groups (broad SMARTS) is 1. The second-order valence-electron chi connectivity index (χ2n) is 5.47. The normalized spacial score (nSPS) is 22.4. The lowest BCUT2D eigenvalue weighted by Crippen LogP contribution is -2.44. The van der Waals surface area contributed by atoms with Gasteiger partial charge in [-0.25, -0.2) is 4.79 Å². The van der Waals surface area contributed by atoms with E-state index in [0.717, 1.165) is 41.2 Å². The first kappa shape index (κ1) is 13.9. The van der Waals surface area contributed by atoms with Crippen LogP contribution in [0.5, 0.6) is 0 Å². The molecule has 3 rings (SSSR count). The van der Waals surface area contributed by atoms with Crippen molar-refractivity contribution in [3.05, 3.63) is 23.8 Å². The van der Waals surface area contributed by atoms with Crippen molar-refractivity contribution in [1.82, 2.24) is 13.6 Å². The summed E-state index contributed by atoms with van der Waals surface area (Å²) in [5, 5.41) is 9.01. The van der Waals surface area contributed by atoms with Crippen molar-refractivity contribution in [3.63, 3.8) is 0 Å². The molecule has 2 unspecified atom stereocenters. The average molecular weight is 305 g/mol. The zero-order chi connectivity index (χ0) is 15.0. The van der Waals surface area contributed by atoms with Crippen LogP contribution >= 0.6 is 11.7 Å². The maximum absolute atomic E-state index is 11.9. The van der Waals surface area contributed by atoms with Gasteiger partial charge in [0.15, 0.2) is 0 Å². The Morgan fingerprint density at radius 1 is 1.29 bits per heavy atom. The second kappa shape index (κ2) is 5.40. The number of benzene rings is 1. The minimum absolute atomic E-state index is 0.198. The smallest absolute Gasteiger partial charge is 0.394 e. The van der Waals surface area contributed by atoms with Gasteiger partial charge >= 0.3 is 11.9 Å². The fraction of sp³-hybridized carbons (Fsp3) is 0.429. The highest BCUT2D eigenvalue weighted by atomic mass is 32.1. The van der Waals surface area contributed by atoms with Gasteiger partial charge in [-0.05, 0) is 36.5 Å². The highest BCUT2D eigenvalue weighted by Gasteiger charge is 2.34. The molecule has 1 aromatic carbocycles. The van der Waals surface area contributed by atoms with Crippen LogP contribution in [0.2, 0.25) is 0 Å². The quantitative estimate of drug-likeness (QED) is 0.815. The summed E-state index contributed by atoms with van der Waals surface area (Å²) in [5.41, 5.74) is 2.54. The molecule has 2 atom stereocenters. The van der Waals surface area contributed by atoms with E-state index in [9.17, 15) is 9.59 Å². The lowest BCUT2D eigenvalue weighted by molar-refractivity contribution is -0.158. The predicted molar refractivity (Wildman–Crippen MR) is 77.9 cm³/mol. The minimum Gasteiger partial charge on any atom is -0.474 e. The summed E-state index contributed by atoms with van der Waals surface area (Å²) in [4.78, 5) is 24.5. The number of hydrogen-bond donors (Lipinski definition) is 1. The number of piperidine rings is 1. The number of aromatic nitrogens is 2. The fourth-order valence-corrected chi connectivity index (χ4v) is 3.37. The third kappa shape index (κ3) is 2.61. The molecule has 0 radical (unpaired) electrons. The number of rotatable bonds is 1. The number of nitrogens with zero attached hydrogens (tertiary/aromatic N) is 3. The number of amides is 1. The van der Waals surface area contributed by atoms with Crippen molar-refractivity contribution in [2.24, 2.45) is 5.92 Å². The third-order valence-corrected chi connectivity index (χ3v) is 4.48. The van der Waals surface area contributed by atoms with E-state index in [0.29, 0.717) is 12.5 Å². The van der Waals surface area contributed by atoms with E-state index >= 15 is 0 Å². The standard InChI is InChI=1S/C14H15N3O3S/c1-8-2-5-12(17(7-8)13(18)14(19)20)9-3-4-10-11(6-9)16-21-15-10/h3-4,6,8,12H,2,5,7H2,1H3,(H,19,20). The zero-order valence-electron chi connectivity index (χ0n) is 11.5. The van der Waals surface area contributed by atoms with Crippen molar-refractivity contribution in [2.75, 3.05) is 6.54 Å². The Kier molecular flexibility index (Phi) is 3.59. The first-order chi connectivity index (χ1) is 10.1. The van der Waals surface area contributed by atoms with Gasteiger partial charge in [-0.15, -0.1) is 0 Å². The van der Waals surface area contributed by atoms with E-state index in [1.807, 2.05) is 25.1 Å². The number of fused-ring (bicyclic) bond motifs is 1. The summed E-state index contributed by atoms with van der Waals surface area (Å²) in [5.74, 6) is -1.91. The maximum atomic E-state index is 11.9. The molecule has 1 aromatic heterocycles. The predicted octanol–water partition coefficient (Wildman–Crippen LogP) is 2.08. The van der Waals surface area contributed by atoms with Crippen LogP contribution in [0.25, 0.3) is 11.0 Å². The lowest BCUT2D eigenvalue weighted by Gasteiger charge is -2.38. The summed E-state index contributed by atoms with van der Waals surface area (Å²) < 4.78 is 8.36. The van der Waals surface area contributed by atoms with Crippen LogP contribution in [0.4, 0.5) is 0 Å². The number of aliphatic carboxylic acids is 1. The van der Waals surface area contributed by atoms with Gasteiger partial charge in [-0.1, -0.05) is 13.0 Å². The van der Waals surface area contributed by atoms with E-state index in [2.05, 4.69) is 8.75 Å². The van der Waals surface area contributed by atoms with E-state index in [-0.39, 0.29) is 6.04 Å². The molecule has 1 amide bonds. The number of carbonyl (C=O) groups excluding carboxylic acids is 1. The molecule has 0 bridgehead atoms. The van der Waals surface area contributed by atoms with Crippen LogP contribution in [0.3, 0.4) is 0 Å². The van der Waals surface area contributed by atoms with Gasteiger partial charge in [0.1, 0.15) is 11.0 Å². The van der Waals surface area contributed by atoms with Crippen LogP contribution in [-0.2, 0) is 9.59 Å². The van der Waals surface area contributed by atoms with Crippen LogP contribution in [-0.4, -0.2) is 37.2 Å². The molecule has 0 saturated carbocycles. The fourth-order valence-electron chi connectivity index (χ4n) is 2.85. The number of carboxylic acids is 1. The van der Waals surface area contributed by atoms with Crippen LogP contribution in [0.1, 0.15) is 31.4 Å². The molecule has 0 spiro atoms. The van der Waals surface area contributed by atoms with Crippen LogP contribution in [0, 0.1) is 5.92 Å². The van der Waals surface area contributed by atoms with E-state index < -0.39 is 11.9 Å². The van der Waals surface area contributed by atoms with Crippen molar-refractivity contribution >= 4 is 34.6 Å². The average Bonchev–Trinajstić information content (AvgIpc) is 2.93. The van der Waals surface area contributed by atoms with Crippen molar-refractivity contribution in [2.45, 2.75) is 25.8 Å². The van der Waals surface area contributed by atoms with Gasteiger partial charge in [-0.3, -0.25) is 4.79 Å². The second-order valence-corrected chi connectivity index (χ2v) is 6.00. The summed E-state index contributed by atoms with van der Waals surface area (Å²) in [6.07, 6.45) is 1.74. The van der Waals surface area contributed by atoms with Gasteiger partial charge in [-0.2, -0.15) is 8.75 Å². The van der Waals surface area contributed by atoms with Gasteiger partial charge < -0.3 is 10.0 Å². The van der Waals surface area contributed by atoms with Crippen molar-refractivity contribution in [3.8, 4) is 0 Å². The van der Waals surface area contributed by atoms with Gasteiger partial charge in [0, 0.05) is 6.54 Å². The number of carbonyl (C=O) groups is 2. The number of likely N-dealkylation sites (tertiary alicyclic amines) is 1. The minimum atomic E-state index is -1.40. The summed E-state index contributed by atoms with van der Waals surface area (Å²) in [7, 11) is 0. The molecule has 0 aliphatic carbocycles. The van der Waals surface area contributed by atoms with Gasteiger partial charge in [0.2, 0.25) is 0 Å². The summed E-state index contributed by atoms with van der Waals surface area (Å²) in [6, 6.07) is 5.49. The highest BCUT2D eigenvalue weighted by Crippen LogP contribution is 2.34. The third-order valence-electron chi connectivity index (χ3n) is 3.92. The molecular formula is C14H15N3O3S. The van der Waals surface area contributed by atoms with E-state index in [4.69, 9.17) is 5.11 Å². The molecule has 2 heterocycles. The Morgan fingerprint density at radius 2 is 2.05 bits per heavy atom. The summed E-state index contributed by atoms with van der Waals surface area (Å²) >= 11 is 1.15. The molecular weight excluding hydrogens is 290 g/mol. The molecule has 110 valence electrons. The zero-order valence-corrected chi connectivity index (χ0v) is 12.3. The molecule has 1 fully saturated rings. The highest BCUT2D eigenvalue weighted by molar-refractivity contribution is 7.00. The van der Waals surface area contributed by atoms with Gasteiger partial charge in [0.25, 0.3) is 0 Å². The first-order valence-electron chi connectivity index (χ1n) is 6.82. The monoisotopic (exact) mass is 305 g/mol. The molecule has 1 N–H and O–H groups in total. The maximum Gasteiger partial charge on any atom is 0.394 e. The Bertz CT molecular complexity index is 700. The van der Waals surface area contributed by atoms with Crippen LogP contribution < -0.4 is 0 Å². The molecule has 21 heavy (non-hydrogen) atoms. The molecule has 6 nitrogen and oxygen atoms in total. The van der Waals surface area contributed by atoms with E-state index in [1.165, 1.54) is 4.90 Å². The molecule has 2 aromatic rings. The Labute approximate surface area is 125 Å². The number of hydrogen-bond acceptors (Lipinski definition) is 5. The molecule has 1 saturated heterocycles. The lowest BCUT2D eigenvalue weighted by atomic mass is 9.89. The van der Waals surface area contributed by atoms with Crippen molar-refractivity contribution < 1.29 is 14.7 Å². The Balaban J connectivity index is 1.96. The molecule has 1 aliphatic heterocycles. The Morgan fingerprint density at radius 3 is 2.81 bits per heavy atom. The van der Waals surface area contributed by atoms with Crippen LogP contribution in [0.15, 0.2) is 18.2 Å². The molecule has 7 heteroatoms. The van der Waals surface area contributed by atoms with Crippen molar-refractivity contribution in [1.29, 1.82) is 0 Å². The van der Waals surface area contributed by atoms with Gasteiger partial charge in [0.05, 0.1) is 17.8 Å². The van der Waals surface area contributed by atoms with E-state index in [1.54, 1.807) is 0 Å². The topological polar surface area (TPSA) is 83.4 Å². The summed E-state index contributed by atoms with van der Waals surface area (Å²) in [6.45, 7) is 2.51. The first-order valence-corrected chi connectivity index (χ1v) is 7.55. The molecule has 1 aliphatic rings. The SMILES string of the molecule is CC1CCC(c2ccc3nsnc3c2)N(C(=O)C(=O)O)C1. The Hall–Kier alpha value is -2.02.